The minimum absolute atomic E-state index is 0.0894. The number of unbranched alkanes of at least 4 members (excludes halogenated alkanes) is 1. The van der Waals surface area contributed by atoms with Gasteiger partial charge in [-0.25, -0.2) is 4.98 Å². The van der Waals surface area contributed by atoms with Crippen molar-refractivity contribution in [1.29, 1.82) is 0 Å². The maximum atomic E-state index is 11.8. The zero-order valence-electron chi connectivity index (χ0n) is 24.5. The van der Waals surface area contributed by atoms with E-state index in [0.717, 1.165) is 18.6 Å². The average molecular weight is 565 g/mol. The van der Waals surface area contributed by atoms with Gasteiger partial charge in [0.25, 0.3) is 0 Å². The number of esters is 2. The van der Waals surface area contributed by atoms with Crippen molar-refractivity contribution < 1.29 is 42.8 Å². The largest absolute Gasteiger partial charge is 0.493 e. The molecule has 3 atom stereocenters. The van der Waals surface area contributed by atoms with E-state index >= 15 is 0 Å². The average Bonchev–Trinajstić information content (AvgIpc) is 3.01. The second-order valence-corrected chi connectivity index (χ2v) is 8.93. The molecule has 1 saturated heterocycles. The third-order valence-corrected chi connectivity index (χ3v) is 5.59. The third-order valence-electron chi connectivity index (χ3n) is 5.59. The first-order valence-electron chi connectivity index (χ1n) is 13.5. The van der Waals surface area contributed by atoms with Gasteiger partial charge in [-0.05, 0) is 39.0 Å². The molecule has 1 fully saturated rings. The van der Waals surface area contributed by atoms with Crippen LogP contribution in [-0.4, -0.2) is 75.6 Å². The number of rotatable bonds is 9. The molecule has 1 aliphatic carbocycles. The van der Waals surface area contributed by atoms with E-state index < -0.39 is 12.0 Å². The molecule has 2 unspecified atom stereocenters. The normalized spacial score (nSPS) is 20.3. The lowest BCUT2D eigenvalue weighted by atomic mass is 10.1. The van der Waals surface area contributed by atoms with Crippen LogP contribution in [0.1, 0.15) is 70.3 Å². The number of hydrogen-bond acceptors (Lipinski definition) is 11. The van der Waals surface area contributed by atoms with Crippen LogP contribution in [0.5, 0.6) is 11.5 Å². The number of nitrogens with one attached hydrogen (secondary N) is 1. The summed E-state index contributed by atoms with van der Waals surface area (Å²) in [4.78, 5) is 36.8. The number of aromatic nitrogens is 1. The van der Waals surface area contributed by atoms with Crippen LogP contribution in [0.15, 0.2) is 36.3 Å². The fourth-order valence-corrected chi connectivity index (χ4v) is 3.31. The molecule has 0 bridgehead atoms. The minimum atomic E-state index is -0.476. The number of cyclic esters (lactones) is 1. The van der Waals surface area contributed by atoms with Crippen LogP contribution >= 0.6 is 0 Å². The number of nitrogens with zero attached hydrogens (tertiary/aromatic N) is 1. The summed E-state index contributed by atoms with van der Waals surface area (Å²) in [5, 5.41) is 2.90. The molecule has 224 valence electrons. The van der Waals surface area contributed by atoms with E-state index in [0.29, 0.717) is 31.7 Å². The fourth-order valence-electron chi connectivity index (χ4n) is 3.31. The molecule has 0 saturated carbocycles. The molecule has 11 heteroatoms. The first-order valence-corrected chi connectivity index (χ1v) is 13.5. The molecule has 11 nitrogen and oxygen atoms in total. The standard InChI is InChI=1S/C15H23NO4.C10H11NO5.C4H10/c1-11-8-13(20-12-6-4-3-5-7-12)9-18-10-14(16-2)15(17)19-11;1-7(13)15-6-16-10-8(5-12)11-4-3-9(10)14-2;1-3-4-2/h4,6-7,11,13-14,16H,3,5,8-10H2,1-2H3;3-5H,6H2,1-2H3;3-4H2,1-2H3/t11?,13?,14-;;/m0../s1. The summed E-state index contributed by atoms with van der Waals surface area (Å²) in [6.07, 6.45) is 13.2. The lowest BCUT2D eigenvalue weighted by Gasteiger charge is -2.22. The summed E-state index contributed by atoms with van der Waals surface area (Å²) >= 11 is 0. The van der Waals surface area contributed by atoms with Crippen molar-refractivity contribution in [2.75, 3.05) is 34.2 Å². The van der Waals surface area contributed by atoms with Gasteiger partial charge in [0.2, 0.25) is 6.79 Å². The van der Waals surface area contributed by atoms with Gasteiger partial charge in [-0.15, -0.1) is 0 Å². The SMILES string of the molecule is CCCC.CN[C@H]1COCC(OC2=CCCC=C2)CC(C)OC1=O.COc1ccnc(C=O)c1OCOC(C)=O. The number of carbonyl (C=O) groups is 3. The van der Waals surface area contributed by atoms with Gasteiger partial charge >= 0.3 is 11.9 Å². The van der Waals surface area contributed by atoms with E-state index in [4.69, 9.17) is 23.7 Å². The molecule has 0 radical (unpaired) electrons. The molecule has 0 spiro atoms. The Balaban J connectivity index is 0.000000360. The monoisotopic (exact) mass is 564 g/mol. The summed E-state index contributed by atoms with van der Waals surface area (Å²) < 4.78 is 31.6. The number of carbonyl (C=O) groups excluding carboxylic acids is 3. The van der Waals surface area contributed by atoms with Gasteiger partial charge < -0.3 is 33.7 Å². The number of ether oxygens (including phenoxy) is 6. The Hall–Kier alpha value is -3.44. The molecule has 40 heavy (non-hydrogen) atoms. The zero-order chi connectivity index (χ0) is 29.8. The van der Waals surface area contributed by atoms with Crippen LogP contribution in [0.4, 0.5) is 0 Å². The van der Waals surface area contributed by atoms with Gasteiger partial charge in [0.05, 0.1) is 20.3 Å². The highest BCUT2D eigenvalue weighted by atomic mass is 16.7. The third kappa shape index (κ3) is 13.6. The fraction of sp³-hybridized carbons (Fsp3) is 0.586. The van der Waals surface area contributed by atoms with Crippen LogP contribution in [0.25, 0.3) is 0 Å². The Morgan fingerprint density at radius 3 is 2.55 bits per heavy atom. The van der Waals surface area contributed by atoms with Crippen LogP contribution in [-0.2, 0) is 28.5 Å². The van der Waals surface area contributed by atoms with Crippen molar-refractivity contribution in [3.63, 3.8) is 0 Å². The van der Waals surface area contributed by atoms with Gasteiger partial charge in [-0.3, -0.25) is 14.4 Å². The number of aldehydes is 1. The molecule has 3 rings (SSSR count). The molecule has 2 aliphatic rings. The lowest BCUT2D eigenvalue weighted by molar-refractivity contribution is -0.152. The topological polar surface area (TPSA) is 132 Å². The molecule has 1 aliphatic heterocycles. The molecule has 1 aromatic rings. The predicted molar refractivity (Wildman–Crippen MR) is 149 cm³/mol. The summed E-state index contributed by atoms with van der Waals surface area (Å²) in [6, 6.07) is 1.13. The van der Waals surface area contributed by atoms with E-state index in [1.807, 2.05) is 13.0 Å². The summed E-state index contributed by atoms with van der Waals surface area (Å²) in [7, 11) is 3.16. The Bertz CT molecular complexity index is 963. The van der Waals surface area contributed by atoms with Crippen LogP contribution in [0, 0.1) is 0 Å². The van der Waals surface area contributed by atoms with Crippen molar-refractivity contribution >= 4 is 18.2 Å². The predicted octanol–water partition coefficient (Wildman–Crippen LogP) is 4.15. The second kappa shape index (κ2) is 20.5. The molecular weight excluding hydrogens is 520 g/mol. The van der Waals surface area contributed by atoms with E-state index in [1.165, 1.54) is 39.1 Å². The Kier molecular flexibility index (Phi) is 17.7. The first kappa shape index (κ1) is 34.6. The maximum absolute atomic E-state index is 11.8. The van der Waals surface area contributed by atoms with Crippen LogP contribution in [0.2, 0.25) is 0 Å². The van der Waals surface area contributed by atoms with Crippen molar-refractivity contribution in [3.05, 3.63) is 41.9 Å². The van der Waals surface area contributed by atoms with E-state index in [-0.39, 0.29) is 36.4 Å². The van der Waals surface area contributed by atoms with Crippen molar-refractivity contribution in [2.45, 2.75) is 78.0 Å². The summed E-state index contributed by atoms with van der Waals surface area (Å²) in [6.45, 7) is 7.97. The number of hydrogen-bond donors (Lipinski definition) is 1. The highest BCUT2D eigenvalue weighted by Gasteiger charge is 2.26. The summed E-state index contributed by atoms with van der Waals surface area (Å²) in [5.74, 6) is 0.645. The molecule has 0 aromatic carbocycles. The van der Waals surface area contributed by atoms with Crippen molar-refractivity contribution in [1.82, 2.24) is 10.3 Å². The van der Waals surface area contributed by atoms with Crippen LogP contribution in [0.3, 0.4) is 0 Å². The maximum Gasteiger partial charge on any atom is 0.325 e. The van der Waals surface area contributed by atoms with Crippen molar-refractivity contribution in [2.24, 2.45) is 0 Å². The number of likely N-dealkylation sites (N-methyl/N-ethyl adjacent to an activating group) is 1. The van der Waals surface area contributed by atoms with E-state index in [2.05, 4.69) is 41.0 Å². The quantitative estimate of drug-likeness (QED) is 0.263. The summed E-state index contributed by atoms with van der Waals surface area (Å²) in [5.41, 5.74) is 0.0894. The van der Waals surface area contributed by atoms with E-state index in [1.54, 1.807) is 7.05 Å². The van der Waals surface area contributed by atoms with Gasteiger partial charge in [0.15, 0.2) is 17.8 Å². The molecule has 1 aromatic heterocycles. The number of pyridine rings is 1. The zero-order valence-corrected chi connectivity index (χ0v) is 24.5. The van der Waals surface area contributed by atoms with Crippen LogP contribution < -0.4 is 14.8 Å². The second-order valence-electron chi connectivity index (χ2n) is 8.93. The highest BCUT2D eigenvalue weighted by molar-refractivity contribution is 5.78. The highest BCUT2D eigenvalue weighted by Crippen LogP contribution is 2.28. The number of allylic oxidation sites excluding steroid dienone is 3. The Morgan fingerprint density at radius 2 is 1.98 bits per heavy atom. The lowest BCUT2D eigenvalue weighted by Crippen LogP contribution is -2.40. The van der Waals surface area contributed by atoms with Gasteiger partial charge in [-0.1, -0.05) is 32.8 Å². The number of methoxy groups -OCH3 is 1. The van der Waals surface area contributed by atoms with Gasteiger partial charge in [0, 0.05) is 25.6 Å². The van der Waals surface area contributed by atoms with E-state index in [9.17, 15) is 14.4 Å². The molecule has 2 heterocycles. The Labute approximate surface area is 237 Å². The molecule has 1 N–H and O–H groups in total. The minimum Gasteiger partial charge on any atom is -0.493 e. The first-order chi connectivity index (χ1) is 19.3. The van der Waals surface area contributed by atoms with Gasteiger partial charge in [-0.2, -0.15) is 0 Å². The van der Waals surface area contributed by atoms with Crippen molar-refractivity contribution in [3.8, 4) is 11.5 Å². The molecule has 0 amide bonds. The smallest absolute Gasteiger partial charge is 0.325 e. The molecular formula is C29H44N2O9. The van der Waals surface area contributed by atoms with Gasteiger partial charge in [0.1, 0.15) is 29.7 Å². The Morgan fingerprint density at radius 1 is 1.23 bits per heavy atom.